The van der Waals surface area contributed by atoms with Gasteiger partial charge in [-0.05, 0) is 29.7 Å². The van der Waals surface area contributed by atoms with E-state index in [9.17, 15) is 9.59 Å². The Morgan fingerprint density at radius 1 is 1.38 bits per heavy atom. The Morgan fingerprint density at radius 2 is 2.23 bits per heavy atom. The topological polar surface area (TPSA) is 98.5 Å². The number of nitrogens with zero attached hydrogens (tertiary/aromatic N) is 4. The molecule has 1 amide bonds. The van der Waals surface area contributed by atoms with Crippen molar-refractivity contribution >= 4 is 46.1 Å². The van der Waals surface area contributed by atoms with Gasteiger partial charge in [-0.15, -0.1) is 5.10 Å². The summed E-state index contributed by atoms with van der Waals surface area (Å²) in [5.74, 6) is -0.751. The van der Waals surface area contributed by atoms with Gasteiger partial charge >= 0.3 is 5.97 Å². The predicted octanol–water partition coefficient (Wildman–Crippen LogP) is 1.73. The lowest BCUT2D eigenvalue weighted by atomic mass is 10.0. The molecular weight excluding hydrogens is 354 g/mol. The lowest BCUT2D eigenvalue weighted by Gasteiger charge is -2.04. The van der Waals surface area contributed by atoms with E-state index in [2.05, 4.69) is 20.1 Å². The number of hydrogen-bond acceptors (Lipinski definition) is 7. The first-order valence-electron chi connectivity index (χ1n) is 7.64. The van der Waals surface area contributed by atoms with E-state index in [4.69, 9.17) is 4.74 Å². The van der Waals surface area contributed by atoms with Crippen molar-refractivity contribution in [2.45, 2.75) is 0 Å². The molecule has 8 nitrogen and oxygen atoms in total. The molecule has 3 aromatic rings. The summed E-state index contributed by atoms with van der Waals surface area (Å²) in [7, 11) is 3.22. The van der Waals surface area contributed by atoms with Gasteiger partial charge in [0.2, 0.25) is 0 Å². The van der Waals surface area contributed by atoms with Gasteiger partial charge in [0.25, 0.3) is 5.91 Å². The largest absolute Gasteiger partial charge is 0.465 e. The van der Waals surface area contributed by atoms with Crippen molar-refractivity contribution in [3.05, 3.63) is 52.2 Å². The molecule has 0 saturated heterocycles. The molecule has 130 valence electrons. The van der Waals surface area contributed by atoms with Crippen LogP contribution < -0.4 is 5.43 Å². The number of aryl methyl sites for hydroxylation is 1. The first-order chi connectivity index (χ1) is 12.6. The summed E-state index contributed by atoms with van der Waals surface area (Å²) in [5.41, 5.74) is 5.36. The van der Waals surface area contributed by atoms with Crippen LogP contribution in [0.25, 0.3) is 17.0 Å². The fourth-order valence-electron chi connectivity index (χ4n) is 2.95. The van der Waals surface area contributed by atoms with Crippen molar-refractivity contribution in [2.75, 3.05) is 7.11 Å². The first-order valence-corrected chi connectivity index (χ1v) is 8.41. The molecule has 0 fully saturated rings. The maximum absolute atomic E-state index is 12.3. The number of carbonyl (C=O) groups is 2. The lowest BCUT2D eigenvalue weighted by Crippen LogP contribution is -2.13. The number of fused-ring (bicyclic) bond motifs is 1. The number of hydrazone groups is 1. The molecule has 0 aliphatic carbocycles. The summed E-state index contributed by atoms with van der Waals surface area (Å²) in [6.07, 6.45) is 5.13. The minimum atomic E-state index is -0.433. The average molecular weight is 367 g/mol. The highest BCUT2D eigenvalue weighted by Crippen LogP contribution is 2.28. The third-order valence-electron chi connectivity index (χ3n) is 4.11. The van der Waals surface area contributed by atoms with Crippen molar-refractivity contribution in [3.8, 4) is 0 Å². The van der Waals surface area contributed by atoms with E-state index in [1.54, 1.807) is 24.4 Å². The number of benzene rings is 1. The molecule has 0 saturated carbocycles. The summed E-state index contributed by atoms with van der Waals surface area (Å²) >= 11 is 1.15. The summed E-state index contributed by atoms with van der Waals surface area (Å²) in [4.78, 5) is 25.1. The third-order valence-corrected chi connectivity index (χ3v) is 4.78. The molecule has 2 aromatic heterocycles. The van der Waals surface area contributed by atoms with Gasteiger partial charge in [-0.3, -0.25) is 4.79 Å². The zero-order chi connectivity index (χ0) is 18.3. The Hall–Kier alpha value is -3.33. The highest BCUT2D eigenvalue weighted by atomic mass is 32.1. The Kier molecular flexibility index (Phi) is 3.85. The third kappa shape index (κ3) is 2.49. The van der Waals surface area contributed by atoms with Crippen LogP contribution in [0.15, 0.2) is 41.3 Å². The van der Waals surface area contributed by atoms with E-state index in [-0.39, 0.29) is 5.91 Å². The summed E-state index contributed by atoms with van der Waals surface area (Å²) < 4.78 is 10.6. The highest BCUT2D eigenvalue weighted by Gasteiger charge is 2.26. The summed E-state index contributed by atoms with van der Waals surface area (Å²) in [5, 5.41) is 8.59. The number of esters is 1. The van der Waals surface area contributed by atoms with Gasteiger partial charge in [0.1, 0.15) is 5.71 Å². The Bertz CT molecular complexity index is 1100. The van der Waals surface area contributed by atoms with E-state index >= 15 is 0 Å². The fourth-order valence-corrected chi connectivity index (χ4v) is 3.47. The molecule has 0 atom stereocenters. The van der Waals surface area contributed by atoms with Gasteiger partial charge < -0.3 is 9.30 Å². The number of rotatable bonds is 3. The monoisotopic (exact) mass is 367 g/mol. The van der Waals surface area contributed by atoms with Gasteiger partial charge in [0, 0.05) is 29.7 Å². The smallest absolute Gasteiger partial charge is 0.338 e. The number of hydrogen-bond donors (Lipinski definition) is 1. The van der Waals surface area contributed by atoms with Gasteiger partial charge in [0.05, 0.1) is 29.3 Å². The van der Waals surface area contributed by atoms with Crippen LogP contribution >= 0.6 is 11.5 Å². The van der Waals surface area contributed by atoms with Gasteiger partial charge in [-0.25, -0.2) is 10.2 Å². The van der Waals surface area contributed by atoms with Crippen LogP contribution in [-0.2, 0) is 16.6 Å². The molecule has 0 spiro atoms. The highest BCUT2D eigenvalue weighted by molar-refractivity contribution is 7.08. The SMILES string of the molecule is COC(=O)c1cccc2c1c(/C=C1/C(=O)NN=C1c1cnns1)cn2C. The number of aromatic nitrogens is 3. The molecule has 4 rings (SSSR count). The second-order valence-electron chi connectivity index (χ2n) is 5.63. The maximum atomic E-state index is 12.3. The second kappa shape index (κ2) is 6.19. The molecule has 3 heterocycles. The van der Waals surface area contributed by atoms with Crippen LogP contribution in [0.1, 0.15) is 20.8 Å². The van der Waals surface area contributed by atoms with Crippen LogP contribution in [-0.4, -0.2) is 38.9 Å². The van der Waals surface area contributed by atoms with Gasteiger partial charge in [-0.1, -0.05) is 10.6 Å². The number of ether oxygens (including phenoxy) is 1. The van der Waals surface area contributed by atoms with Crippen LogP contribution in [0.2, 0.25) is 0 Å². The summed E-state index contributed by atoms with van der Waals surface area (Å²) in [6.45, 7) is 0. The number of amides is 1. The van der Waals surface area contributed by atoms with Crippen molar-refractivity contribution in [1.82, 2.24) is 19.6 Å². The van der Waals surface area contributed by atoms with E-state index in [0.717, 1.165) is 28.0 Å². The molecule has 0 bridgehead atoms. The zero-order valence-corrected chi connectivity index (χ0v) is 14.7. The molecule has 1 aliphatic heterocycles. The maximum Gasteiger partial charge on any atom is 0.338 e. The second-order valence-corrected chi connectivity index (χ2v) is 6.41. The quantitative estimate of drug-likeness (QED) is 0.562. The lowest BCUT2D eigenvalue weighted by molar-refractivity contribution is -0.116. The molecule has 9 heteroatoms. The standard InChI is InChI=1S/C17H13N5O3S/c1-22-8-9(14-10(17(24)25-2)4-3-5-12(14)22)6-11-15(19-20-16(11)23)13-7-18-21-26-13/h3-8H,1-2H3,(H,20,23)/b11-6+. The van der Waals surface area contributed by atoms with E-state index in [0.29, 0.717) is 21.7 Å². The zero-order valence-electron chi connectivity index (χ0n) is 13.9. The summed E-state index contributed by atoms with van der Waals surface area (Å²) in [6, 6.07) is 5.40. The van der Waals surface area contributed by atoms with Crippen LogP contribution in [0.3, 0.4) is 0 Å². The van der Waals surface area contributed by atoms with Crippen molar-refractivity contribution < 1.29 is 14.3 Å². The average Bonchev–Trinajstić information content (AvgIpc) is 3.36. The van der Waals surface area contributed by atoms with Crippen molar-refractivity contribution in [3.63, 3.8) is 0 Å². The molecular formula is C17H13N5O3S. The van der Waals surface area contributed by atoms with Crippen LogP contribution in [0, 0.1) is 0 Å². The number of methoxy groups -OCH3 is 1. The molecule has 1 N–H and O–H groups in total. The minimum Gasteiger partial charge on any atom is -0.465 e. The first kappa shape index (κ1) is 16.2. The number of carbonyl (C=O) groups excluding carboxylic acids is 2. The minimum absolute atomic E-state index is 0.319. The van der Waals surface area contributed by atoms with Gasteiger partial charge in [-0.2, -0.15) is 5.10 Å². The molecule has 1 aromatic carbocycles. The Balaban J connectivity index is 1.92. The van der Waals surface area contributed by atoms with E-state index in [1.165, 1.54) is 7.11 Å². The van der Waals surface area contributed by atoms with Crippen molar-refractivity contribution in [2.24, 2.45) is 12.1 Å². The number of nitrogens with one attached hydrogen (secondary N) is 1. The molecule has 0 radical (unpaired) electrons. The Morgan fingerprint density at radius 3 is 2.96 bits per heavy atom. The van der Waals surface area contributed by atoms with Crippen LogP contribution in [0.5, 0.6) is 0 Å². The normalized spacial score (nSPS) is 15.4. The predicted molar refractivity (Wildman–Crippen MR) is 96.8 cm³/mol. The molecule has 0 unspecified atom stereocenters. The van der Waals surface area contributed by atoms with Gasteiger partial charge in [0.15, 0.2) is 0 Å². The van der Waals surface area contributed by atoms with Crippen LogP contribution in [0.4, 0.5) is 0 Å². The van der Waals surface area contributed by atoms with E-state index in [1.807, 2.05) is 23.9 Å². The molecule has 26 heavy (non-hydrogen) atoms. The van der Waals surface area contributed by atoms with Crippen molar-refractivity contribution in [1.29, 1.82) is 0 Å². The Labute approximate surface area is 151 Å². The van der Waals surface area contributed by atoms with E-state index < -0.39 is 5.97 Å². The molecule has 1 aliphatic rings. The fraction of sp³-hybridized carbons (Fsp3) is 0.118.